The molecule has 0 radical (unpaired) electrons. The number of aliphatic carboxylic acids is 1. The van der Waals surface area contributed by atoms with Crippen LogP contribution in [-0.2, 0) is 27.0 Å². The van der Waals surface area contributed by atoms with Crippen LogP contribution in [0.15, 0.2) is 55.0 Å². The maximum absolute atomic E-state index is 14.7. The SMILES string of the molecule is CC1(C(CC(=O)O)Nc2nc(Cc3cn(S(=O)(=O)Cc4ccccc4)c4ncc(F)cc34)ncc2F)CCC1. The molecule has 1 unspecified atom stereocenters. The zero-order valence-electron chi connectivity index (χ0n) is 21.1. The number of carboxylic acid groups (broad SMARTS) is 1. The van der Waals surface area contributed by atoms with E-state index in [0.717, 1.165) is 35.6 Å². The maximum Gasteiger partial charge on any atom is 0.305 e. The molecule has 0 amide bonds. The highest BCUT2D eigenvalue weighted by Crippen LogP contribution is 2.45. The number of carbonyl (C=O) groups is 1. The van der Waals surface area contributed by atoms with Crippen molar-refractivity contribution in [2.75, 3.05) is 5.32 Å². The lowest BCUT2D eigenvalue weighted by Crippen LogP contribution is -2.45. The first kappa shape index (κ1) is 26.7. The average Bonchev–Trinajstić information content (AvgIpc) is 3.22. The van der Waals surface area contributed by atoms with E-state index in [2.05, 4.69) is 20.3 Å². The lowest BCUT2D eigenvalue weighted by molar-refractivity contribution is -0.138. The van der Waals surface area contributed by atoms with Gasteiger partial charge < -0.3 is 10.4 Å². The van der Waals surface area contributed by atoms with E-state index in [-0.39, 0.29) is 46.7 Å². The van der Waals surface area contributed by atoms with E-state index < -0.39 is 33.7 Å². The molecule has 12 heteroatoms. The molecule has 0 saturated heterocycles. The minimum atomic E-state index is -3.92. The monoisotopic (exact) mass is 555 g/mol. The molecule has 1 aromatic carbocycles. The number of hydrogen-bond acceptors (Lipinski definition) is 7. The first-order chi connectivity index (χ1) is 18.5. The van der Waals surface area contributed by atoms with Crippen LogP contribution < -0.4 is 5.32 Å². The fourth-order valence-electron chi connectivity index (χ4n) is 4.98. The van der Waals surface area contributed by atoms with E-state index in [4.69, 9.17) is 0 Å². The first-order valence-corrected chi connectivity index (χ1v) is 14.1. The number of fused-ring (bicyclic) bond motifs is 1. The van der Waals surface area contributed by atoms with Crippen LogP contribution in [0.25, 0.3) is 11.0 Å². The molecule has 0 spiro atoms. The van der Waals surface area contributed by atoms with Crippen molar-refractivity contribution in [2.45, 2.75) is 50.8 Å². The number of benzene rings is 1. The summed E-state index contributed by atoms with van der Waals surface area (Å²) in [5.41, 5.74) is 0.720. The number of nitrogens with one attached hydrogen (secondary N) is 1. The lowest BCUT2D eigenvalue weighted by Gasteiger charge is -2.45. The Morgan fingerprint density at radius 3 is 2.59 bits per heavy atom. The summed E-state index contributed by atoms with van der Waals surface area (Å²) in [6.07, 6.45) is 5.64. The minimum absolute atomic E-state index is 0.0364. The highest BCUT2D eigenvalue weighted by Gasteiger charge is 2.41. The quantitative estimate of drug-likeness (QED) is 0.293. The highest BCUT2D eigenvalue weighted by molar-refractivity contribution is 7.89. The van der Waals surface area contributed by atoms with Crippen molar-refractivity contribution in [3.8, 4) is 0 Å². The van der Waals surface area contributed by atoms with Gasteiger partial charge in [-0.3, -0.25) is 4.79 Å². The van der Waals surface area contributed by atoms with Gasteiger partial charge in [-0.1, -0.05) is 43.7 Å². The molecule has 3 heterocycles. The molecule has 39 heavy (non-hydrogen) atoms. The molecule has 1 saturated carbocycles. The number of halogens is 2. The van der Waals surface area contributed by atoms with Crippen molar-refractivity contribution in [2.24, 2.45) is 5.41 Å². The molecule has 1 atom stereocenters. The molecule has 3 aromatic heterocycles. The number of nitrogens with zero attached hydrogens (tertiary/aromatic N) is 4. The molecule has 0 bridgehead atoms. The van der Waals surface area contributed by atoms with Crippen LogP contribution in [0.2, 0.25) is 0 Å². The van der Waals surface area contributed by atoms with E-state index in [0.29, 0.717) is 11.1 Å². The Morgan fingerprint density at radius 1 is 1.18 bits per heavy atom. The van der Waals surface area contributed by atoms with Crippen LogP contribution in [0.1, 0.15) is 49.6 Å². The second-order valence-corrected chi connectivity index (χ2v) is 12.0. The van der Waals surface area contributed by atoms with Gasteiger partial charge in [0.05, 0.1) is 24.6 Å². The third-order valence-electron chi connectivity index (χ3n) is 7.32. The molecular weight excluding hydrogens is 528 g/mol. The number of anilines is 1. The number of pyridine rings is 1. The fraction of sp³-hybridized carbons (Fsp3) is 0.333. The molecule has 204 valence electrons. The van der Waals surface area contributed by atoms with Crippen LogP contribution in [0.3, 0.4) is 0 Å². The fourth-order valence-corrected chi connectivity index (χ4v) is 6.43. The molecule has 1 fully saturated rings. The van der Waals surface area contributed by atoms with E-state index >= 15 is 0 Å². The third-order valence-corrected chi connectivity index (χ3v) is 8.90. The van der Waals surface area contributed by atoms with Gasteiger partial charge in [0, 0.05) is 24.0 Å². The second-order valence-electron chi connectivity index (χ2n) is 10.2. The summed E-state index contributed by atoms with van der Waals surface area (Å²) in [7, 11) is -3.92. The average molecular weight is 556 g/mol. The van der Waals surface area contributed by atoms with Gasteiger partial charge in [-0.25, -0.2) is 36.1 Å². The third kappa shape index (κ3) is 5.60. The number of rotatable bonds is 10. The number of aromatic nitrogens is 4. The van der Waals surface area contributed by atoms with Crippen LogP contribution in [0.5, 0.6) is 0 Å². The summed E-state index contributed by atoms with van der Waals surface area (Å²) in [5, 5.41) is 12.6. The Labute approximate surface area is 224 Å². The maximum atomic E-state index is 14.7. The van der Waals surface area contributed by atoms with E-state index in [1.165, 1.54) is 12.3 Å². The Kier molecular flexibility index (Phi) is 7.06. The Morgan fingerprint density at radius 2 is 1.92 bits per heavy atom. The molecule has 4 aromatic rings. The van der Waals surface area contributed by atoms with Gasteiger partial charge in [0.15, 0.2) is 17.3 Å². The topological polar surface area (TPSA) is 127 Å². The van der Waals surface area contributed by atoms with E-state index in [1.54, 1.807) is 30.3 Å². The van der Waals surface area contributed by atoms with Crippen molar-refractivity contribution >= 4 is 32.8 Å². The van der Waals surface area contributed by atoms with E-state index in [9.17, 15) is 27.1 Å². The normalized spacial score (nSPS) is 15.6. The van der Waals surface area contributed by atoms with Gasteiger partial charge >= 0.3 is 5.97 Å². The summed E-state index contributed by atoms with van der Waals surface area (Å²) in [5.74, 6) is -2.66. The van der Waals surface area contributed by atoms with E-state index in [1.807, 2.05) is 6.92 Å². The molecule has 5 rings (SSSR count). The summed E-state index contributed by atoms with van der Waals surface area (Å²) in [6.45, 7) is 1.96. The van der Waals surface area contributed by atoms with Gasteiger partial charge in [0.2, 0.25) is 10.0 Å². The van der Waals surface area contributed by atoms with Crippen molar-refractivity contribution < 1.29 is 27.1 Å². The number of hydrogen-bond donors (Lipinski definition) is 2. The van der Waals surface area contributed by atoms with Crippen molar-refractivity contribution in [3.05, 3.63) is 83.6 Å². The van der Waals surface area contributed by atoms with Crippen LogP contribution in [0.4, 0.5) is 14.6 Å². The molecule has 1 aliphatic rings. The van der Waals surface area contributed by atoms with Crippen LogP contribution in [0, 0.1) is 17.0 Å². The largest absolute Gasteiger partial charge is 0.481 e. The van der Waals surface area contributed by atoms with Gasteiger partial charge in [-0.15, -0.1) is 0 Å². The zero-order chi connectivity index (χ0) is 27.8. The van der Waals surface area contributed by atoms with Crippen LogP contribution in [-0.4, -0.2) is 44.5 Å². The van der Waals surface area contributed by atoms with Gasteiger partial charge in [0.25, 0.3) is 0 Å². The smallest absolute Gasteiger partial charge is 0.305 e. The van der Waals surface area contributed by atoms with Gasteiger partial charge in [-0.05, 0) is 35.4 Å². The summed E-state index contributed by atoms with van der Waals surface area (Å²) in [6, 6.07) is 9.30. The predicted octanol–water partition coefficient (Wildman–Crippen LogP) is 4.52. The lowest BCUT2D eigenvalue weighted by atomic mass is 9.64. The predicted molar refractivity (Wildman–Crippen MR) is 141 cm³/mol. The summed E-state index contributed by atoms with van der Waals surface area (Å²) >= 11 is 0. The minimum Gasteiger partial charge on any atom is -0.481 e. The molecule has 0 aliphatic heterocycles. The zero-order valence-corrected chi connectivity index (χ0v) is 22.0. The summed E-state index contributed by atoms with van der Waals surface area (Å²) < 4.78 is 56.5. The van der Waals surface area contributed by atoms with Crippen molar-refractivity contribution in [3.63, 3.8) is 0 Å². The van der Waals surface area contributed by atoms with Crippen LogP contribution >= 0.6 is 0 Å². The highest BCUT2D eigenvalue weighted by atomic mass is 32.2. The van der Waals surface area contributed by atoms with Crippen molar-refractivity contribution in [1.29, 1.82) is 0 Å². The first-order valence-electron chi connectivity index (χ1n) is 12.5. The van der Waals surface area contributed by atoms with Gasteiger partial charge in [-0.2, -0.15) is 0 Å². The standard InChI is InChI=1S/C27H27F2N5O4S/c1-27(8-5-9-27)22(12-24(35)36)32-25-21(29)14-30-23(33-25)10-18-15-34(26-20(18)11-19(28)13-31-26)39(37,38)16-17-6-3-2-4-7-17/h2-4,6-7,11,13-15,22H,5,8-10,12,16H2,1H3,(H,35,36)(H,30,32,33). The molecule has 1 aliphatic carbocycles. The Balaban J connectivity index is 1.48. The molecule has 2 N–H and O–H groups in total. The van der Waals surface area contributed by atoms with Crippen molar-refractivity contribution in [1.82, 2.24) is 18.9 Å². The Bertz CT molecular complexity index is 1640. The van der Waals surface area contributed by atoms with Gasteiger partial charge in [0.1, 0.15) is 11.6 Å². The summed E-state index contributed by atoms with van der Waals surface area (Å²) in [4.78, 5) is 23.9. The molecule has 9 nitrogen and oxygen atoms in total. The molecular formula is C27H27F2N5O4S. The second kappa shape index (κ2) is 10.3. The Hall–Kier alpha value is -3.93. The number of carboxylic acids is 1.